The van der Waals surface area contributed by atoms with Crippen LogP contribution in [0, 0.1) is 19.8 Å². The molecular weight excluding hydrogens is 312 g/mol. The molecule has 2 unspecified atom stereocenters. The Labute approximate surface area is 153 Å². The molecule has 2 heterocycles. The van der Waals surface area contributed by atoms with E-state index in [-0.39, 0.29) is 0 Å². The number of aliphatic imine (C=N–C) groups is 1. The summed E-state index contributed by atoms with van der Waals surface area (Å²) in [7, 11) is 1.84. The van der Waals surface area contributed by atoms with Gasteiger partial charge in [-0.3, -0.25) is 14.6 Å². The predicted octanol–water partition coefficient (Wildman–Crippen LogP) is 2.18. The second-order valence-corrected chi connectivity index (χ2v) is 7.48. The minimum atomic E-state index is 0.538. The van der Waals surface area contributed by atoms with E-state index in [1.165, 1.54) is 31.6 Å². The van der Waals surface area contributed by atoms with Gasteiger partial charge in [-0.2, -0.15) is 5.10 Å². The lowest BCUT2D eigenvalue weighted by Gasteiger charge is -2.35. The largest absolute Gasteiger partial charge is 0.356 e. The first-order chi connectivity index (χ1) is 12.0. The molecule has 0 amide bonds. The lowest BCUT2D eigenvalue weighted by molar-refractivity contribution is 0.139. The van der Waals surface area contributed by atoms with E-state index in [1.807, 2.05) is 14.0 Å². The van der Waals surface area contributed by atoms with Crippen LogP contribution in [0.5, 0.6) is 0 Å². The minimum absolute atomic E-state index is 0.538. The highest BCUT2D eigenvalue weighted by Crippen LogP contribution is 2.17. The highest BCUT2D eigenvalue weighted by molar-refractivity contribution is 5.79. The molecular formula is C19H36N6. The summed E-state index contributed by atoms with van der Waals surface area (Å²) in [5.74, 6) is 1.72. The zero-order valence-corrected chi connectivity index (χ0v) is 16.7. The Balaban J connectivity index is 1.65. The summed E-state index contributed by atoms with van der Waals surface area (Å²) in [5.41, 5.74) is 2.31. The van der Waals surface area contributed by atoms with E-state index in [1.54, 1.807) is 0 Å². The van der Waals surface area contributed by atoms with Gasteiger partial charge in [0, 0.05) is 45.0 Å². The Morgan fingerprint density at radius 2 is 2.20 bits per heavy atom. The number of piperidine rings is 1. The molecule has 6 nitrogen and oxygen atoms in total. The number of likely N-dealkylation sites (tertiary alicyclic amines) is 1. The van der Waals surface area contributed by atoms with Crippen molar-refractivity contribution < 1.29 is 0 Å². The van der Waals surface area contributed by atoms with Gasteiger partial charge in [0.05, 0.1) is 5.69 Å². The van der Waals surface area contributed by atoms with Gasteiger partial charge in [-0.25, -0.2) is 0 Å². The van der Waals surface area contributed by atoms with Crippen LogP contribution in [0.1, 0.15) is 44.5 Å². The number of hydrogen-bond donors (Lipinski definition) is 2. The van der Waals surface area contributed by atoms with Gasteiger partial charge >= 0.3 is 0 Å². The van der Waals surface area contributed by atoms with E-state index in [9.17, 15) is 0 Å². The maximum Gasteiger partial charge on any atom is 0.191 e. The first kappa shape index (κ1) is 19.8. The molecule has 1 aromatic rings. The third kappa shape index (κ3) is 6.34. The molecule has 1 aliphatic heterocycles. The van der Waals surface area contributed by atoms with E-state index in [2.05, 4.69) is 57.1 Å². The number of aromatic nitrogens is 2. The van der Waals surface area contributed by atoms with Crippen LogP contribution < -0.4 is 10.6 Å². The molecule has 6 heteroatoms. The number of nitrogens with one attached hydrogen (secondary N) is 2. The van der Waals surface area contributed by atoms with Crippen LogP contribution in [-0.4, -0.2) is 59.9 Å². The number of guanidine groups is 1. The van der Waals surface area contributed by atoms with E-state index < -0.39 is 0 Å². The van der Waals surface area contributed by atoms with Gasteiger partial charge in [0.15, 0.2) is 5.96 Å². The van der Waals surface area contributed by atoms with Gasteiger partial charge in [0.25, 0.3) is 0 Å². The fraction of sp³-hybridized carbons (Fsp3) is 0.789. The summed E-state index contributed by atoms with van der Waals surface area (Å²) in [4.78, 5) is 6.93. The highest BCUT2D eigenvalue weighted by Gasteiger charge is 2.20. The standard InChI is InChI=1S/C19H36N6/c1-15-8-6-10-24(14-15)18(4)13-22-19(20-5)21-9-7-11-25-17(3)12-16(2)23-25/h12,15,18H,6-11,13-14H2,1-5H3,(H2,20,21,22). The van der Waals surface area contributed by atoms with Gasteiger partial charge in [0.1, 0.15) is 0 Å². The summed E-state index contributed by atoms with van der Waals surface area (Å²) in [6.07, 6.45) is 3.72. The second kappa shape index (κ2) is 9.80. The summed E-state index contributed by atoms with van der Waals surface area (Å²) < 4.78 is 2.08. The third-order valence-corrected chi connectivity index (χ3v) is 5.04. The zero-order valence-electron chi connectivity index (χ0n) is 16.7. The van der Waals surface area contributed by atoms with Crippen molar-refractivity contribution in [3.63, 3.8) is 0 Å². The number of aryl methyl sites for hydroxylation is 3. The summed E-state index contributed by atoms with van der Waals surface area (Å²) in [5, 5.41) is 11.4. The molecule has 2 atom stereocenters. The molecule has 1 saturated heterocycles. The van der Waals surface area contributed by atoms with Crippen molar-refractivity contribution in [3.8, 4) is 0 Å². The zero-order chi connectivity index (χ0) is 18.2. The first-order valence-corrected chi connectivity index (χ1v) is 9.69. The maximum absolute atomic E-state index is 4.50. The van der Waals surface area contributed by atoms with Crippen LogP contribution >= 0.6 is 0 Å². The van der Waals surface area contributed by atoms with Gasteiger partial charge in [-0.1, -0.05) is 6.92 Å². The van der Waals surface area contributed by atoms with E-state index >= 15 is 0 Å². The number of hydrogen-bond acceptors (Lipinski definition) is 3. The Morgan fingerprint density at radius 1 is 1.40 bits per heavy atom. The lowest BCUT2D eigenvalue weighted by Crippen LogP contribution is -2.48. The van der Waals surface area contributed by atoms with Crippen molar-refractivity contribution in [1.82, 2.24) is 25.3 Å². The Morgan fingerprint density at radius 3 is 2.84 bits per heavy atom. The molecule has 1 aromatic heterocycles. The van der Waals surface area contributed by atoms with Crippen LogP contribution in [-0.2, 0) is 6.54 Å². The second-order valence-electron chi connectivity index (χ2n) is 7.48. The summed E-state index contributed by atoms with van der Waals surface area (Å²) in [6.45, 7) is 14.0. The van der Waals surface area contributed by atoms with Crippen LogP contribution in [0.25, 0.3) is 0 Å². The third-order valence-electron chi connectivity index (χ3n) is 5.04. The molecule has 0 bridgehead atoms. The predicted molar refractivity (Wildman–Crippen MR) is 105 cm³/mol. The minimum Gasteiger partial charge on any atom is -0.356 e. The van der Waals surface area contributed by atoms with Crippen LogP contribution in [0.15, 0.2) is 11.1 Å². The Bertz CT molecular complexity index is 550. The number of rotatable bonds is 7. The highest BCUT2D eigenvalue weighted by atomic mass is 15.3. The van der Waals surface area contributed by atoms with E-state index in [4.69, 9.17) is 0 Å². The SMILES string of the molecule is CN=C(NCCCn1nc(C)cc1C)NCC(C)N1CCCC(C)C1. The smallest absolute Gasteiger partial charge is 0.191 e. The van der Waals surface area contributed by atoms with Crippen molar-refractivity contribution in [3.05, 3.63) is 17.5 Å². The average Bonchev–Trinajstić information content (AvgIpc) is 2.91. The van der Waals surface area contributed by atoms with E-state index in [0.29, 0.717) is 6.04 Å². The van der Waals surface area contributed by atoms with Crippen LogP contribution in [0.3, 0.4) is 0 Å². The molecule has 0 radical (unpaired) electrons. The van der Waals surface area contributed by atoms with Crippen molar-refractivity contribution in [2.45, 2.75) is 59.5 Å². The topological polar surface area (TPSA) is 57.5 Å². The monoisotopic (exact) mass is 348 g/mol. The molecule has 1 aliphatic rings. The Kier molecular flexibility index (Phi) is 7.75. The first-order valence-electron chi connectivity index (χ1n) is 9.69. The Hall–Kier alpha value is -1.56. The molecule has 0 saturated carbocycles. The fourth-order valence-corrected chi connectivity index (χ4v) is 3.56. The maximum atomic E-state index is 4.50. The molecule has 1 fully saturated rings. The van der Waals surface area contributed by atoms with E-state index in [0.717, 1.165) is 43.6 Å². The van der Waals surface area contributed by atoms with Crippen LogP contribution in [0.4, 0.5) is 0 Å². The molecule has 0 spiro atoms. The van der Waals surface area contributed by atoms with Gasteiger partial charge in [-0.15, -0.1) is 0 Å². The van der Waals surface area contributed by atoms with Crippen molar-refractivity contribution >= 4 is 5.96 Å². The normalized spacial score (nSPS) is 20.5. The van der Waals surface area contributed by atoms with Crippen LogP contribution in [0.2, 0.25) is 0 Å². The molecule has 0 aromatic carbocycles. The van der Waals surface area contributed by atoms with Gasteiger partial charge < -0.3 is 10.6 Å². The lowest BCUT2D eigenvalue weighted by atomic mass is 9.99. The molecule has 2 N–H and O–H groups in total. The quantitative estimate of drug-likeness (QED) is 0.450. The van der Waals surface area contributed by atoms with Crippen molar-refractivity contribution in [2.75, 3.05) is 33.2 Å². The molecule has 142 valence electrons. The molecule has 2 rings (SSSR count). The van der Waals surface area contributed by atoms with Crippen molar-refractivity contribution in [2.24, 2.45) is 10.9 Å². The van der Waals surface area contributed by atoms with Gasteiger partial charge in [-0.05, 0) is 58.6 Å². The fourth-order valence-electron chi connectivity index (χ4n) is 3.56. The average molecular weight is 349 g/mol. The molecule has 25 heavy (non-hydrogen) atoms. The van der Waals surface area contributed by atoms with Crippen molar-refractivity contribution in [1.29, 1.82) is 0 Å². The number of nitrogens with zero attached hydrogens (tertiary/aromatic N) is 4. The summed E-state index contributed by atoms with van der Waals surface area (Å²) >= 11 is 0. The van der Waals surface area contributed by atoms with Gasteiger partial charge in [0.2, 0.25) is 0 Å². The summed E-state index contributed by atoms with van der Waals surface area (Å²) in [6, 6.07) is 2.66. The molecule has 0 aliphatic carbocycles.